The zero-order chi connectivity index (χ0) is 18.9. The van der Waals surface area contributed by atoms with Gasteiger partial charge in [-0.2, -0.15) is 0 Å². The van der Waals surface area contributed by atoms with Gasteiger partial charge in [0.15, 0.2) is 0 Å². The summed E-state index contributed by atoms with van der Waals surface area (Å²) in [7, 11) is 1.69. The molecule has 6 heteroatoms. The molecule has 6 nitrogen and oxygen atoms in total. The minimum absolute atomic E-state index is 0.0258. The van der Waals surface area contributed by atoms with Crippen LogP contribution in [0, 0.1) is 11.8 Å². The van der Waals surface area contributed by atoms with E-state index in [0.29, 0.717) is 11.8 Å². The molecule has 2 aliphatic heterocycles. The molecule has 0 bridgehead atoms. The lowest BCUT2D eigenvalue weighted by Gasteiger charge is -2.32. The third-order valence-corrected chi connectivity index (χ3v) is 5.72. The summed E-state index contributed by atoms with van der Waals surface area (Å²) in [6.45, 7) is 6.33. The minimum Gasteiger partial charge on any atom is -0.497 e. The molecule has 0 saturated carbocycles. The van der Waals surface area contributed by atoms with Crippen LogP contribution in [-0.4, -0.2) is 57.4 Å². The lowest BCUT2D eigenvalue weighted by atomic mass is 9.96. The van der Waals surface area contributed by atoms with Crippen LogP contribution in [0.5, 0.6) is 5.75 Å². The molecule has 27 heavy (non-hydrogen) atoms. The van der Waals surface area contributed by atoms with Gasteiger partial charge in [-0.05, 0) is 68.3 Å². The quantitative estimate of drug-likeness (QED) is 0.769. The standard InChI is InChI=1S/C21H33N3O3/c1-26-20-4-2-19(3-5-20)16-24-10-6-17(7-11-24)14-22-21(25)23-15-18-8-12-27-13-9-18/h2-5,17-18H,6-16H2,1H3,(H2,22,23,25). The molecule has 2 heterocycles. The monoisotopic (exact) mass is 375 g/mol. The zero-order valence-corrected chi connectivity index (χ0v) is 16.4. The van der Waals surface area contributed by atoms with Crippen LogP contribution in [0.1, 0.15) is 31.2 Å². The van der Waals surface area contributed by atoms with Gasteiger partial charge in [0, 0.05) is 32.8 Å². The van der Waals surface area contributed by atoms with E-state index in [1.807, 2.05) is 12.1 Å². The Morgan fingerprint density at radius 3 is 2.22 bits per heavy atom. The van der Waals surface area contributed by atoms with E-state index in [0.717, 1.165) is 77.4 Å². The molecule has 0 radical (unpaired) electrons. The van der Waals surface area contributed by atoms with Crippen molar-refractivity contribution in [3.05, 3.63) is 29.8 Å². The number of hydrogen-bond acceptors (Lipinski definition) is 4. The first-order valence-electron chi connectivity index (χ1n) is 10.2. The molecule has 1 aromatic rings. The SMILES string of the molecule is COc1ccc(CN2CCC(CNC(=O)NCC3CCOCC3)CC2)cc1. The summed E-state index contributed by atoms with van der Waals surface area (Å²) < 4.78 is 10.6. The number of rotatable bonds is 7. The van der Waals surface area contributed by atoms with Gasteiger partial charge in [-0.3, -0.25) is 4.90 Å². The van der Waals surface area contributed by atoms with Crippen molar-refractivity contribution in [2.45, 2.75) is 32.2 Å². The number of methoxy groups -OCH3 is 1. The number of benzene rings is 1. The molecular formula is C21H33N3O3. The second-order valence-corrected chi connectivity index (χ2v) is 7.71. The van der Waals surface area contributed by atoms with E-state index < -0.39 is 0 Å². The van der Waals surface area contributed by atoms with Crippen LogP contribution in [0.15, 0.2) is 24.3 Å². The van der Waals surface area contributed by atoms with Crippen LogP contribution in [0.25, 0.3) is 0 Å². The van der Waals surface area contributed by atoms with Crippen LogP contribution in [0.3, 0.4) is 0 Å². The summed E-state index contributed by atoms with van der Waals surface area (Å²) >= 11 is 0. The van der Waals surface area contributed by atoms with E-state index in [4.69, 9.17) is 9.47 Å². The first-order chi connectivity index (χ1) is 13.2. The molecule has 2 amide bonds. The van der Waals surface area contributed by atoms with Gasteiger partial charge >= 0.3 is 6.03 Å². The zero-order valence-electron chi connectivity index (χ0n) is 16.4. The third kappa shape index (κ3) is 6.70. The second-order valence-electron chi connectivity index (χ2n) is 7.71. The number of likely N-dealkylation sites (tertiary alicyclic amines) is 1. The molecule has 0 unspecified atom stereocenters. The summed E-state index contributed by atoms with van der Waals surface area (Å²) in [4.78, 5) is 14.5. The molecule has 2 aliphatic rings. The van der Waals surface area contributed by atoms with E-state index in [2.05, 4.69) is 27.7 Å². The van der Waals surface area contributed by atoms with Gasteiger partial charge in [0.1, 0.15) is 5.75 Å². The van der Waals surface area contributed by atoms with Crippen molar-refractivity contribution >= 4 is 6.03 Å². The lowest BCUT2D eigenvalue weighted by Crippen LogP contribution is -2.43. The highest BCUT2D eigenvalue weighted by Crippen LogP contribution is 2.20. The maximum atomic E-state index is 12.0. The predicted octanol–water partition coefficient (Wildman–Crippen LogP) is 2.63. The third-order valence-electron chi connectivity index (χ3n) is 5.72. The van der Waals surface area contributed by atoms with E-state index in [9.17, 15) is 4.79 Å². The van der Waals surface area contributed by atoms with E-state index in [1.165, 1.54) is 5.56 Å². The van der Waals surface area contributed by atoms with E-state index >= 15 is 0 Å². The van der Waals surface area contributed by atoms with Crippen molar-refractivity contribution in [1.82, 2.24) is 15.5 Å². The maximum Gasteiger partial charge on any atom is 0.314 e. The highest BCUT2D eigenvalue weighted by molar-refractivity contribution is 5.73. The van der Waals surface area contributed by atoms with Crippen molar-refractivity contribution in [2.24, 2.45) is 11.8 Å². The number of nitrogens with zero attached hydrogens (tertiary/aromatic N) is 1. The van der Waals surface area contributed by atoms with Crippen LogP contribution in [-0.2, 0) is 11.3 Å². The largest absolute Gasteiger partial charge is 0.497 e. The van der Waals surface area contributed by atoms with Crippen LogP contribution in [0.4, 0.5) is 4.79 Å². The van der Waals surface area contributed by atoms with Gasteiger partial charge in [0.05, 0.1) is 7.11 Å². The molecule has 2 fully saturated rings. The summed E-state index contributed by atoms with van der Waals surface area (Å²) in [5.74, 6) is 2.04. The Morgan fingerprint density at radius 1 is 1.04 bits per heavy atom. The van der Waals surface area contributed by atoms with Gasteiger partial charge in [-0.1, -0.05) is 12.1 Å². The number of hydrogen-bond donors (Lipinski definition) is 2. The molecule has 150 valence electrons. The molecule has 2 saturated heterocycles. The van der Waals surface area contributed by atoms with Crippen LogP contribution >= 0.6 is 0 Å². The Kier molecular flexibility index (Phi) is 7.78. The number of amides is 2. The minimum atomic E-state index is -0.0258. The van der Waals surface area contributed by atoms with E-state index in [-0.39, 0.29) is 6.03 Å². The van der Waals surface area contributed by atoms with Gasteiger partial charge < -0.3 is 20.1 Å². The Labute approximate surface area is 162 Å². The maximum absolute atomic E-state index is 12.0. The first kappa shape index (κ1) is 20.0. The number of nitrogens with one attached hydrogen (secondary N) is 2. The second kappa shape index (κ2) is 10.5. The number of carbonyl (C=O) groups excluding carboxylic acids is 1. The highest BCUT2D eigenvalue weighted by atomic mass is 16.5. The molecule has 0 aliphatic carbocycles. The molecule has 0 atom stereocenters. The van der Waals surface area contributed by atoms with Crippen molar-refractivity contribution in [3.63, 3.8) is 0 Å². The normalized spacial score (nSPS) is 19.6. The van der Waals surface area contributed by atoms with Crippen LogP contribution in [0.2, 0.25) is 0 Å². The van der Waals surface area contributed by atoms with Crippen LogP contribution < -0.4 is 15.4 Å². The topological polar surface area (TPSA) is 62.8 Å². The predicted molar refractivity (Wildman–Crippen MR) is 106 cm³/mol. The summed E-state index contributed by atoms with van der Waals surface area (Å²) in [6.07, 6.45) is 4.37. The van der Waals surface area contributed by atoms with Gasteiger partial charge in [-0.25, -0.2) is 4.79 Å². The Balaban J connectivity index is 1.29. The average molecular weight is 376 g/mol. The Morgan fingerprint density at radius 2 is 1.63 bits per heavy atom. The molecule has 1 aromatic carbocycles. The van der Waals surface area contributed by atoms with Crippen molar-refractivity contribution in [3.8, 4) is 5.75 Å². The molecule has 3 rings (SSSR count). The fourth-order valence-corrected chi connectivity index (χ4v) is 3.82. The molecule has 2 N–H and O–H groups in total. The fraction of sp³-hybridized carbons (Fsp3) is 0.667. The van der Waals surface area contributed by atoms with Gasteiger partial charge in [0.25, 0.3) is 0 Å². The number of ether oxygens (including phenoxy) is 2. The first-order valence-corrected chi connectivity index (χ1v) is 10.2. The van der Waals surface area contributed by atoms with Gasteiger partial charge in [-0.15, -0.1) is 0 Å². The smallest absolute Gasteiger partial charge is 0.314 e. The summed E-state index contributed by atoms with van der Waals surface area (Å²) in [6, 6.07) is 8.28. The Bertz CT molecular complexity index is 565. The van der Waals surface area contributed by atoms with Crippen molar-refractivity contribution in [1.29, 1.82) is 0 Å². The lowest BCUT2D eigenvalue weighted by molar-refractivity contribution is 0.0669. The molecule has 0 spiro atoms. The van der Waals surface area contributed by atoms with Crippen molar-refractivity contribution in [2.75, 3.05) is 46.5 Å². The fourth-order valence-electron chi connectivity index (χ4n) is 3.82. The number of carbonyl (C=O) groups is 1. The number of urea groups is 1. The summed E-state index contributed by atoms with van der Waals surface area (Å²) in [5, 5.41) is 6.07. The van der Waals surface area contributed by atoms with E-state index in [1.54, 1.807) is 7.11 Å². The molecular weight excluding hydrogens is 342 g/mol. The van der Waals surface area contributed by atoms with Gasteiger partial charge in [0.2, 0.25) is 0 Å². The van der Waals surface area contributed by atoms with Crippen molar-refractivity contribution < 1.29 is 14.3 Å². The highest BCUT2D eigenvalue weighted by Gasteiger charge is 2.20. The number of piperidine rings is 1. The summed E-state index contributed by atoms with van der Waals surface area (Å²) in [5.41, 5.74) is 1.32. The molecule has 0 aromatic heterocycles. The average Bonchev–Trinajstić information content (AvgIpc) is 2.73. The Hall–Kier alpha value is -1.79.